The largest absolute Gasteiger partial charge is 0.497 e. The highest BCUT2D eigenvalue weighted by Crippen LogP contribution is 2.48. The standard InChI is InChI=1S/C32H35N3O6Si/c1-32(2,3)42(5,6)41-21-14-20(28(36)29(21)37)35-19-10-8-7-9-16(19)23-25-24(30(38)34-31(25)39)22-17-13-15(40-4)11-12-18(17)33-26(22)27(23)35/h7-13,20-21,28-29,33,36-37H,14H2,1-6H3,(H,34,38,39)/t20-,21+,28+,29-/m1/s1. The van der Waals surface area contributed by atoms with Gasteiger partial charge in [0.05, 0.1) is 41.4 Å². The molecule has 1 saturated carbocycles. The van der Waals surface area contributed by atoms with Crippen molar-refractivity contribution in [1.82, 2.24) is 14.9 Å². The molecule has 218 valence electrons. The predicted octanol–water partition coefficient (Wildman–Crippen LogP) is 5.38. The summed E-state index contributed by atoms with van der Waals surface area (Å²) in [5.74, 6) is -0.266. The first kappa shape index (κ1) is 27.1. The summed E-state index contributed by atoms with van der Waals surface area (Å²) >= 11 is 0. The molecule has 0 saturated heterocycles. The van der Waals surface area contributed by atoms with E-state index in [9.17, 15) is 19.8 Å². The van der Waals surface area contributed by atoms with Gasteiger partial charge in [0, 0.05) is 32.6 Å². The number of nitrogens with one attached hydrogen (secondary N) is 2. The normalized spacial score (nSPS) is 23.0. The number of para-hydroxylation sites is 1. The van der Waals surface area contributed by atoms with Crippen molar-refractivity contribution in [3.8, 4) is 5.75 Å². The average Bonchev–Trinajstić information content (AvgIpc) is 3.63. The van der Waals surface area contributed by atoms with Crippen molar-refractivity contribution < 1.29 is 29.0 Å². The van der Waals surface area contributed by atoms with E-state index in [-0.39, 0.29) is 5.04 Å². The molecular formula is C32H35N3O6Si. The van der Waals surface area contributed by atoms with Crippen LogP contribution in [-0.4, -0.2) is 65.3 Å². The predicted molar refractivity (Wildman–Crippen MR) is 165 cm³/mol. The maximum atomic E-state index is 13.4. The lowest BCUT2D eigenvalue weighted by Gasteiger charge is -2.39. The van der Waals surface area contributed by atoms with Crippen molar-refractivity contribution in [3.63, 3.8) is 0 Å². The minimum atomic E-state index is -2.26. The average molecular weight is 586 g/mol. The second kappa shape index (κ2) is 8.90. The van der Waals surface area contributed by atoms with Crippen LogP contribution in [-0.2, 0) is 4.43 Å². The number of aliphatic hydroxyl groups excluding tert-OH is 2. The van der Waals surface area contributed by atoms with Crippen LogP contribution in [0.15, 0.2) is 42.5 Å². The number of ether oxygens (including phenoxy) is 1. The van der Waals surface area contributed by atoms with E-state index in [0.29, 0.717) is 45.1 Å². The van der Waals surface area contributed by atoms with E-state index < -0.39 is 44.5 Å². The fourth-order valence-electron chi connectivity index (χ4n) is 6.67. The number of methoxy groups -OCH3 is 1. The van der Waals surface area contributed by atoms with E-state index in [0.717, 1.165) is 21.8 Å². The number of carbonyl (C=O) groups is 2. The van der Waals surface area contributed by atoms with E-state index >= 15 is 0 Å². The minimum absolute atomic E-state index is 0.0688. The van der Waals surface area contributed by atoms with Crippen LogP contribution in [0.5, 0.6) is 5.75 Å². The summed E-state index contributed by atoms with van der Waals surface area (Å²) in [7, 11) is -0.673. The number of fused-ring (bicyclic) bond motifs is 10. The van der Waals surface area contributed by atoms with Crippen molar-refractivity contribution in [1.29, 1.82) is 0 Å². The van der Waals surface area contributed by atoms with Crippen LogP contribution in [0.2, 0.25) is 18.1 Å². The van der Waals surface area contributed by atoms with Gasteiger partial charge in [-0.15, -0.1) is 0 Å². The van der Waals surface area contributed by atoms with E-state index in [1.165, 1.54) is 0 Å². The molecule has 3 aromatic carbocycles. The molecule has 1 fully saturated rings. The van der Waals surface area contributed by atoms with Crippen LogP contribution in [0.4, 0.5) is 0 Å². The molecule has 4 atom stereocenters. The summed E-state index contributed by atoms with van der Waals surface area (Å²) in [4.78, 5) is 30.3. The lowest BCUT2D eigenvalue weighted by Crippen LogP contribution is -2.46. The lowest BCUT2D eigenvalue weighted by molar-refractivity contribution is -0.0199. The molecule has 0 unspecified atom stereocenters. The molecule has 2 aromatic heterocycles. The smallest absolute Gasteiger partial charge is 0.259 e. The number of rotatable bonds is 4. The fraction of sp³-hybridized carbons (Fsp3) is 0.375. The third-order valence-electron chi connectivity index (χ3n) is 9.77. The number of nitrogens with zero attached hydrogens (tertiary/aromatic N) is 1. The van der Waals surface area contributed by atoms with E-state index in [1.807, 2.05) is 47.0 Å². The maximum Gasteiger partial charge on any atom is 0.259 e. The third-order valence-corrected chi connectivity index (χ3v) is 14.3. The summed E-state index contributed by atoms with van der Waals surface area (Å²) in [6.07, 6.45) is -2.35. The first-order valence-corrected chi connectivity index (χ1v) is 17.2. The van der Waals surface area contributed by atoms with Crippen molar-refractivity contribution >= 4 is 63.7 Å². The summed E-state index contributed by atoms with van der Waals surface area (Å²) in [5.41, 5.74) is 3.63. The van der Waals surface area contributed by atoms with Gasteiger partial charge in [0.15, 0.2) is 8.32 Å². The maximum absolute atomic E-state index is 13.4. The second-order valence-corrected chi connectivity index (χ2v) is 17.9. The first-order chi connectivity index (χ1) is 19.8. The van der Waals surface area contributed by atoms with Crippen LogP contribution in [0.1, 0.15) is 53.9 Å². The molecule has 2 aliphatic rings. The van der Waals surface area contributed by atoms with Gasteiger partial charge in [-0.25, -0.2) is 0 Å². The summed E-state index contributed by atoms with van der Waals surface area (Å²) in [6, 6.07) is 12.8. The van der Waals surface area contributed by atoms with Crippen molar-refractivity contribution in [2.45, 2.75) is 69.7 Å². The SMILES string of the molecule is COc1ccc2[nH]c3c(c4c(c5c6ccccc6n([C@@H]6C[C@H](O[Si](C)(C)C(C)(C)C)[C@@H](O)[C@H]6O)c35)C(=O)NC4=O)c2c1. The molecule has 10 heteroatoms. The number of H-pyrrole nitrogens is 1. The first-order valence-electron chi connectivity index (χ1n) is 14.3. The van der Waals surface area contributed by atoms with Crippen LogP contribution >= 0.6 is 0 Å². The van der Waals surface area contributed by atoms with Gasteiger partial charge in [-0.1, -0.05) is 39.0 Å². The molecule has 0 bridgehead atoms. The van der Waals surface area contributed by atoms with Gasteiger partial charge in [0.2, 0.25) is 0 Å². The van der Waals surface area contributed by atoms with Crippen molar-refractivity contribution in [2.24, 2.45) is 0 Å². The molecule has 3 heterocycles. The van der Waals surface area contributed by atoms with E-state index in [4.69, 9.17) is 9.16 Å². The van der Waals surface area contributed by atoms with Crippen LogP contribution in [0, 0.1) is 0 Å². The number of aliphatic hydroxyl groups is 2. The monoisotopic (exact) mass is 585 g/mol. The summed E-state index contributed by atoms with van der Waals surface area (Å²) in [5, 5.41) is 28.2. The molecule has 1 aliphatic heterocycles. The number of aromatic amines is 1. The van der Waals surface area contributed by atoms with Crippen LogP contribution in [0.3, 0.4) is 0 Å². The van der Waals surface area contributed by atoms with Gasteiger partial charge >= 0.3 is 0 Å². The minimum Gasteiger partial charge on any atom is -0.497 e. The van der Waals surface area contributed by atoms with Crippen molar-refractivity contribution in [3.05, 3.63) is 53.6 Å². The number of carbonyl (C=O) groups excluding carboxylic acids is 2. The molecule has 0 spiro atoms. The Labute approximate surface area is 243 Å². The van der Waals surface area contributed by atoms with Gasteiger partial charge in [-0.2, -0.15) is 0 Å². The van der Waals surface area contributed by atoms with Gasteiger partial charge in [-0.05, 0) is 48.8 Å². The molecule has 1 aliphatic carbocycles. The van der Waals surface area contributed by atoms with E-state index in [2.05, 4.69) is 44.2 Å². The third kappa shape index (κ3) is 3.59. The lowest BCUT2D eigenvalue weighted by atomic mass is 9.96. The molecular weight excluding hydrogens is 550 g/mol. The Balaban J connectivity index is 1.56. The summed E-state index contributed by atoms with van der Waals surface area (Å²) in [6.45, 7) is 10.7. The molecule has 42 heavy (non-hydrogen) atoms. The Hall–Kier alpha value is -3.70. The number of hydrogen-bond acceptors (Lipinski definition) is 6. The van der Waals surface area contributed by atoms with Crippen LogP contribution in [0.25, 0.3) is 43.6 Å². The molecule has 5 aromatic rings. The van der Waals surface area contributed by atoms with E-state index in [1.54, 1.807) is 7.11 Å². The second-order valence-electron chi connectivity index (χ2n) is 13.1. The highest BCUT2D eigenvalue weighted by molar-refractivity contribution is 6.74. The Morgan fingerprint density at radius 2 is 1.64 bits per heavy atom. The molecule has 9 nitrogen and oxygen atoms in total. The zero-order valence-corrected chi connectivity index (χ0v) is 25.5. The topological polar surface area (TPSA) is 126 Å². The number of imide groups is 1. The Bertz CT molecular complexity index is 1970. The zero-order valence-electron chi connectivity index (χ0n) is 24.5. The Morgan fingerprint density at radius 3 is 2.33 bits per heavy atom. The Kier molecular flexibility index (Phi) is 5.75. The number of aromatic nitrogens is 2. The number of amides is 2. The molecule has 2 amide bonds. The van der Waals surface area contributed by atoms with Gasteiger partial charge in [0.25, 0.3) is 11.8 Å². The molecule has 7 rings (SSSR count). The summed E-state index contributed by atoms with van der Waals surface area (Å²) < 4.78 is 14.2. The quantitative estimate of drug-likeness (QED) is 0.166. The zero-order chi connectivity index (χ0) is 29.9. The highest BCUT2D eigenvalue weighted by Gasteiger charge is 2.49. The Morgan fingerprint density at radius 1 is 0.952 bits per heavy atom. The highest BCUT2D eigenvalue weighted by atomic mass is 28.4. The van der Waals surface area contributed by atoms with Crippen molar-refractivity contribution in [2.75, 3.05) is 7.11 Å². The molecule has 0 radical (unpaired) electrons. The number of hydrogen-bond donors (Lipinski definition) is 4. The van der Waals surface area contributed by atoms with Gasteiger partial charge in [-0.3, -0.25) is 14.9 Å². The molecule has 4 N–H and O–H groups in total. The van der Waals surface area contributed by atoms with Crippen LogP contribution < -0.4 is 10.1 Å². The fourth-order valence-corrected chi connectivity index (χ4v) is 8.02. The number of benzene rings is 3. The van der Waals surface area contributed by atoms with Gasteiger partial charge < -0.3 is 28.9 Å². The van der Waals surface area contributed by atoms with Gasteiger partial charge in [0.1, 0.15) is 18.0 Å².